The van der Waals surface area contributed by atoms with E-state index in [9.17, 15) is 0 Å². The van der Waals surface area contributed by atoms with Crippen molar-refractivity contribution in [2.24, 2.45) is 0 Å². The molecular formula is C119H78N6O2. The van der Waals surface area contributed by atoms with Crippen molar-refractivity contribution in [1.29, 1.82) is 0 Å². The highest BCUT2D eigenvalue weighted by Gasteiger charge is 2.36. The lowest BCUT2D eigenvalue weighted by atomic mass is 9.82. The third-order valence-corrected chi connectivity index (χ3v) is 26.4. The molecule has 596 valence electrons. The maximum absolute atomic E-state index is 6.13. The number of hydrogen-bond donors (Lipinski definition) is 0. The number of nitrogens with zero attached hydrogens (tertiary/aromatic N) is 6. The minimum atomic E-state index is -0.0803. The highest BCUT2D eigenvalue weighted by atomic mass is 16.3. The van der Waals surface area contributed by atoms with Gasteiger partial charge in [-0.05, 0) is 256 Å². The number of fused-ring (bicyclic) bond motifs is 25. The SMILES string of the molecule is CC1(C)c2ccccc2-c2ccc(N(c3ccccc3)c3ccc(-c4ccc(-c5ccc6c(c5)c5ccccc5c5nc7cc(-c8ccc9oc%10ccccc%10c9c8)ccn7c65)cc4)cc3)cc21.c1ccc(N(c2ccccc2)c2ccc(-c3ccc(-c4ccc5c(c4)c4ccccc4c4nc6cc(-c7ccc8oc9ccccc9c8c7)ccn6c54)cc3)cc2)cc1. The normalized spacial score (nSPS) is 12.4. The molecule has 19 aromatic carbocycles. The van der Waals surface area contributed by atoms with E-state index in [-0.39, 0.29) is 5.41 Å². The predicted octanol–water partition coefficient (Wildman–Crippen LogP) is 32.6. The summed E-state index contributed by atoms with van der Waals surface area (Å²) in [7, 11) is 0. The molecule has 25 aromatic rings. The zero-order chi connectivity index (χ0) is 84.0. The summed E-state index contributed by atoms with van der Waals surface area (Å²) >= 11 is 0. The average molecular weight is 1620 g/mol. The van der Waals surface area contributed by atoms with Gasteiger partial charge in [-0.3, -0.25) is 8.80 Å². The van der Waals surface area contributed by atoms with Crippen molar-refractivity contribution in [3.05, 3.63) is 448 Å². The van der Waals surface area contributed by atoms with E-state index in [1.54, 1.807) is 0 Å². The minimum absolute atomic E-state index is 0.0803. The summed E-state index contributed by atoms with van der Waals surface area (Å²) in [6, 6.07) is 153. The molecule has 8 nitrogen and oxygen atoms in total. The maximum Gasteiger partial charge on any atom is 0.138 e. The number of furan rings is 2. The monoisotopic (exact) mass is 1620 g/mol. The van der Waals surface area contributed by atoms with Crippen molar-refractivity contribution in [1.82, 2.24) is 18.8 Å². The summed E-state index contributed by atoms with van der Waals surface area (Å²) in [5, 5.41) is 14.0. The second-order valence-corrected chi connectivity index (χ2v) is 34.0. The Labute approximate surface area is 732 Å². The number of benzene rings is 19. The fourth-order valence-electron chi connectivity index (χ4n) is 20.1. The summed E-state index contributed by atoms with van der Waals surface area (Å²) in [5.41, 5.74) is 35.8. The number of aromatic nitrogens is 4. The molecule has 0 bridgehead atoms. The Kier molecular flexibility index (Phi) is 16.8. The maximum atomic E-state index is 6.13. The van der Waals surface area contributed by atoms with Crippen molar-refractivity contribution in [3.8, 4) is 77.9 Å². The van der Waals surface area contributed by atoms with Crippen LogP contribution in [0.15, 0.2) is 446 Å². The van der Waals surface area contributed by atoms with Crippen LogP contribution in [0.2, 0.25) is 0 Å². The fraction of sp³-hybridized carbons (Fsp3) is 0.0252. The van der Waals surface area contributed by atoms with Crippen LogP contribution in [0.3, 0.4) is 0 Å². The Morgan fingerprint density at radius 2 is 0.520 bits per heavy atom. The van der Waals surface area contributed by atoms with Crippen LogP contribution in [0.4, 0.5) is 34.1 Å². The lowest BCUT2D eigenvalue weighted by Crippen LogP contribution is -2.16. The van der Waals surface area contributed by atoms with Crippen LogP contribution in [0.25, 0.3) is 198 Å². The van der Waals surface area contributed by atoms with E-state index >= 15 is 0 Å². The van der Waals surface area contributed by atoms with Gasteiger partial charge in [0.1, 0.15) is 33.6 Å². The van der Waals surface area contributed by atoms with Gasteiger partial charge in [0.25, 0.3) is 0 Å². The van der Waals surface area contributed by atoms with Crippen molar-refractivity contribution in [2.75, 3.05) is 9.80 Å². The summed E-state index contributed by atoms with van der Waals surface area (Å²) in [4.78, 5) is 15.3. The number of para-hydroxylation sites is 5. The Morgan fingerprint density at radius 3 is 0.969 bits per heavy atom. The van der Waals surface area contributed by atoms with Gasteiger partial charge in [0.15, 0.2) is 0 Å². The fourth-order valence-corrected chi connectivity index (χ4v) is 20.1. The largest absolute Gasteiger partial charge is 0.456 e. The first kappa shape index (κ1) is 73.1. The van der Waals surface area contributed by atoms with Gasteiger partial charge in [-0.15, -0.1) is 0 Å². The molecule has 127 heavy (non-hydrogen) atoms. The predicted molar refractivity (Wildman–Crippen MR) is 530 cm³/mol. The quantitative estimate of drug-likeness (QED) is 0.114. The highest BCUT2D eigenvalue weighted by molar-refractivity contribution is 6.26. The van der Waals surface area contributed by atoms with Gasteiger partial charge in [0, 0.05) is 95.0 Å². The Morgan fingerprint density at radius 1 is 0.213 bits per heavy atom. The summed E-state index contributed by atoms with van der Waals surface area (Å²) < 4.78 is 16.7. The molecule has 0 saturated carbocycles. The van der Waals surface area contributed by atoms with Crippen molar-refractivity contribution >= 4 is 154 Å². The molecule has 0 radical (unpaired) electrons. The van der Waals surface area contributed by atoms with Crippen molar-refractivity contribution < 1.29 is 8.83 Å². The molecule has 0 amide bonds. The van der Waals surface area contributed by atoms with Crippen LogP contribution >= 0.6 is 0 Å². The number of imidazole rings is 2. The summed E-state index contributed by atoms with van der Waals surface area (Å²) in [6.45, 7) is 4.69. The van der Waals surface area contributed by atoms with Gasteiger partial charge in [-0.25, -0.2) is 9.97 Å². The Bertz CT molecular complexity index is 8670. The van der Waals surface area contributed by atoms with E-state index in [0.717, 1.165) is 144 Å². The zero-order valence-electron chi connectivity index (χ0n) is 69.6. The van der Waals surface area contributed by atoms with Gasteiger partial charge in [-0.2, -0.15) is 0 Å². The van der Waals surface area contributed by atoms with E-state index < -0.39 is 0 Å². The first-order valence-electron chi connectivity index (χ1n) is 43.5. The minimum Gasteiger partial charge on any atom is -0.456 e. The van der Waals surface area contributed by atoms with Crippen LogP contribution in [-0.2, 0) is 5.41 Å². The Hall–Kier alpha value is -16.7. The van der Waals surface area contributed by atoms with Crippen LogP contribution in [0, 0.1) is 0 Å². The van der Waals surface area contributed by atoms with E-state index in [0.29, 0.717) is 0 Å². The molecule has 0 fully saturated rings. The van der Waals surface area contributed by atoms with Crippen LogP contribution < -0.4 is 9.80 Å². The highest BCUT2D eigenvalue weighted by Crippen LogP contribution is 2.52. The summed E-state index contributed by atoms with van der Waals surface area (Å²) in [5.74, 6) is 0. The van der Waals surface area contributed by atoms with Gasteiger partial charge in [0.2, 0.25) is 0 Å². The molecule has 26 rings (SSSR count). The molecule has 0 saturated heterocycles. The second-order valence-electron chi connectivity index (χ2n) is 34.0. The van der Waals surface area contributed by atoms with Gasteiger partial charge in [0.05, 0.1) is 22.1 Å². The van der Waals surface area contributed by atoms with Crippen LogP contribution in [0.5, 0.6) is 0 Å². The van der Waals surface area contributed by atoms with Crippen LogP contribution in [0.1, 0.15) is 25.0 Å². The molecule has 6 heterocycles. The Balaban J connectivity index is 0.000000140. The van der Waals surface area contributed by atoms with Gasteiger partial charge in [-0.1, -0.05) is 293 Å². The lowest BCUT2D eigenvalue weighted by molar-refractivity contribution is 0.660. The number of rotatable bonds is 12. The average Bonchev–Trinajstić information content (AvgIpc) is 1.57. The third-order valence-electron chi connectivity index (χ3n) is 26.4. The van der Waals surface area contributed by atoms with Crippen molar-refractivity contribution in [2.45, 2.75) is 19.3 Å². The number of pyridine rings is 2. The number of anilines is 6. The topological polar surface area (TPSA) is 67.4 Å². The first-order valence-corrected chi connectivity index (χ1v) is 43.5. The molecular weight excluding hydrogens is 1550 g/mol. The molecule has 1 aliphatic carbocycles. The van der Waals surface area contributed by atoms with E-state index in [2.05, 4.69) is 445 Å². The van der Waals surface area contributed by atoms with E-state index in [1.165, 1.54) is 99.1 Å². The first-order chi connectivity index (χ1) is 62.7. The molecule has 8 heteroatoms. The summed E-state index contributed by atoms with van der Waals surface area (Å²) in [6.07, 6.45) is 4.35. The van der Waals surface area contributed by atoms with E-state index in [4.69, 9.17) is 18.8 Å². The standard InChI is InChI=1S/C64H43N3O.C55H35N3O/c1-64(2)57-18-10-8-15-50(57)51-32-30-48(39-58(51)64)67(46-12-4-3-5-13-46)47-28-24-41(25-29-47)40-20-22-42(23-21-40)43-26-31-54-55(36-43)49-14-6-7-17-53(49)62-63(54)66-35-34-45(38-61(66)65-62)44-27-33-60-56(37-44)52-16-9-11-19-59(52)68-60;1-3-11-42(12-4-1)58(43-13-5-2-6-14-43)44-27-23-37(24-28-44)36-19-21-38(22-20-36)39-25-29-48-49(33-39)45-15-7-8-17-47(45)54-55(48)57-32-31-41(35-53(57)56-54)40-26-30-52-50(34-40)46-16-9-10-18-51(46)59-52/h3-39H,1-2H3;1-35H. The third kappa shape index (κ3) is 12.2. The molecule has 6 aromatic heterocycles. The molecule has 0 spiro atoms. The van der Waals surface area contributed by atoms with E-state index in [1.807, 2.05) is 24.3 Å². The van der Waals surface area contributed by atoms with Crippen molar-refractivity contribution in [3.63, 3.8) is 0 Å². The number of hydrogen-bond acceptors (Lipinski definition) is 6. The molecule has 0 N–H and O–H groups in total. The smallest absolute Gasteiger partial charge is 0.138 e. The molecule has 1 aliphatic rings. The lowest BCUT2D eigenvalue weighted by Gasteiger charge is -2.28. The molecule has 0 atom stereocenters. The molecule has 0 unspecified atom stereocenters. The molecule has 0 aliphatic heterocycles. The second kappa shape index (κ2) is 29.3. The van der Waals surface area contributed by atoms with Gasteiger partial charge >= 0.3 is 0 Å². The zero-order valence-corrected chi connectivity index (χ0v) is 69.6. The van der Waals surface area contributed by atoms with Crippen LogP contribution in [-0.4, -0.2) is 18.8 Å². The van der Waals surface area contributed by atoms with Gasteiger partial charge < -0.3 is 18.6 Å².